The minimum absolute atomic E-state index is 0.210. The van der Waals surface area contributed by atoms with Crippen molar-refractivity contribution in [2.24, 2.45) is 7.05 Å². The second-order valence-corrected chi connectivity index (χ2v) is 4.64. The Hall–Kier alpha value is -2.70. The van der Waals surface area contributed by atoms with Gasteiger partial charge < -0.3 is 4.57 Å². The van der Waals surface area contributed by atoms with E-state index in [2.05, 4.69) is 20.5 Å². The van der Waals surface area contributed by atoms with Crippen molar-refractivity contribution in [3.05, 3.63) is 41.5 Å². The van der Waals surface area contributed by atoms with Gasteiger partial charge in [0, 0.05) is 30.8 Å². The van der Waals surface area contributed by atoms with E-state index in [9.17, 15) is 4.79 Å². The van der Waals surface area contributed by atoms with Crippen molar-refractivity contribution in [2.45, 2.75) is 13.8 Å². The van der Waals surface area contributed by atoms with E-state index < -0.39 is 0 Å². The number of aryl methyl sites for hydroxylation is 2. The summed E-state index contributed by atoms with van der Waals surface area (Å²) in [5, 5.41) is 10.6. The molecule has 7 heteroatoms. The molecule has 3 aromatic rings. The third-order valence-electron chi connectivity index (χ3n) is 3.27. The molecule has 0 radical (unpaired) electrons. The van der Waals surface area contributed by atoms with Crippen molar-refractivity contribution < 1.29 is 4.79 Å². The molecule has 0 saturated carbocycles. The molecule has 3 aromatic heterocycles. The largest absolute Gasteiger partial charge is 0.354 e. The number of hydrogen-bond acceptors (Lipinski definition) is 4. The van der Waals surface area contributed by atoms with Crippen LogP contribution in [0.3, 0.4) is 0 Å². The molecule has 0 bridgehead atoms. The first-order valence-corrected chi connectivity index (χ1v) is 6.18. The maximum absolute atomic E-state index is 12.2. The summed E-state index contributed by atoms with van der Waals surface area (Å²) < 4.78 is 3.53. The first kappa shape index (κ1) is 12.3. The molecule has 0 aliphatic rings. The molecule has 0 atom stereocenters. The SMILES string of the molecule is Cc1ccn2c(NC(=O)c3ccn(C)c3C)nnc2n1. The Morgan fingerprint density at radius 2 is 2.00 bits per heavy atom. The highest BCUT2D eigenvalue weighted by molar-refractivity contribution is 6.04. The maximum Gasteiger partial charge on any atom is 0.259 e. The monoisotopic (exact) mass is 270 g/mol. The molecular weight excluding hydrogens is 256 g/mol. The highest BCUT2D eigenvalue weighted by atomic mass is 16.1. The Morgan fingerprint density at radius 3 is 2.70 bits per heavy atom. The van der Waals surface area contributed by atoms with E-state index in [-0.39, 0.29) is 5.91 Å². The second-order valence-electron chi connectivity index (χ2n) is 4.64. The Kier molecular flexibility index (Phi) is 2.74. The Bertz CT molecular complexity index is 800. The zero-order chi connectivity index (χ0) is 14.3. The predicted octanol–water partition coefficient (Wildman–Crippen LogP) is 1.33. The number of carbonyl (C=O) groups excluding carboxylic acids is 1. The molecule has 0 spiro atoms. The molecule has 3 rings (SSSR count). The average molecular weight is 270 g/mol. The van der Waals surface area contributed by atoms with Crippen LogP contribution in [-0.2, 0) is 7.05 Å². The van der Waals surface area contributed by atoms with Crippen molar-refractivity contribution >= 4 is 17.6 Å². The molecule has 0 aliphatic heterocycles. The summed E-state index contributed by atoms with van der Waals surface area (Å²) in [4.78, 5) is 16.5. The van der Waals surface area contributed by atoms with E-state index in [0.717, 1.165) is 11.4 Å². The van der Waals surface area contributed by atoms with Crippen LogP contribution in [-0.4, -0.2) is 30.1 Å². The lowest BCUT2D eigenvalue weighted by atomic mass is 10.2. The molecule has 7 nitrogen and oxygen atoms in total. The fourth-order valence-electron chi connectivity index (χ4n) is 1.98. The van der Waals surface area contributed by atoms with Crippen LogP contribution in [0.25, 0.3) is 5.78 Å². The number of carbonyl (C=O) groups is 1. The van der Waals surface area contributed by atoms with E-state index in [1.807, 2.05) is 37.7 Å². The summed E-state index contributed by atoms with van der Waals surface area (Å²) >= 11 is 0. The highest BCUT2D eigenvalue weighted by Gasteiger charge is 2.15. The van der Waals surface area contributed by atoms with Crippen LogP contribution >= 0.6 is 0 Å². The number of anilines is 1. The summed E-state index contributed by atoms with van der Waals surface area (Å²) in [5.74, 6) is 0.615. The van der Waals surface area contributed by atoms with Gasteiger partial charge in [-0.2, -0.15) is 0 Å². The van der Waals surface area contributed by atoms with Gasteiger partial charge in [0.15, 0.2) is 0 Å². The Labute approximate surface area is 115 Å². The topological polar surface area (TPSA) is 77.1 Å². The van der Waals surface area contributed by atoms with Crippen molar-refractivity contribution in [1.82, 2.24) is 24.1 Å². The van der Waals surface area contributed by atoms with Gasteiger partial charge in [0.2, 0.25) is 5.95 Å². The van der Waals surface area contributed by atoms with E-state index in [1.165, 1.54) is 0 Å². The highest BCUT2D eigenvalue weighted by Crippen LogP contribution is 2.12. The lowest BCUT2D eigenvalue weighted by Crippen LogP contribution is -2.15. The van der Waals surface area contributed by atoms with Gasteiger partial charge in [-0.3, -0.25) is 14.5 Å². The zero-order valence-corrected chi connectivity index (χ0v) is 11.5. The number of rotatable bonds is 2. The van der Waals surface area contributed by atoms with E-state index in [1.54, 1.807) is 16.7 Å². The van der Waals surface area contributed by atoms with Crippen molar-refractivity contribution in [1.29, 1.82) is 0 Å². The molecule has 102 valence electrons. The first-order chi connectivity index (χ1) is 9.56. The summed E-state index contributed by atoms with van der Waals surface area (Å²) in [6.07, 6.45) is 3.63. The third kappa shape index (κ3) is 1.93. The van der Waals surface area contributed by atoms with Crippen LogP contribution in [0.1, 0.15) is 21.7 Å². The average Bonchev–Trinajstić information content (AvgIpc) is 2.95. The van der Waals surface area contributed by atoms with E-state index in [0.29, 0.717) is 17.3 Å². The lowest BCUT2D eigenvalue weighted by molar-refractivity contribution is 0.102. The van der Waals surface area contributed by atoms with Crippen LogP contribution in [0.15, 0.2) is 24.5 Å². The van der Waals surface area contributed by atoms with Gasteiger partial charge in [-0.25, -0.2) is 4.98 Å². The minimum atomic E-state index is -0.210. The zero-order valence-electron chi connectivity index (χ0n) is 11.5. The molecule has 1 N–H and O–H groups in total. The van der Waals surface area contributed by atoms with Crippen LogP contribution < -0.4 is 5.32 Å². The molecular formula is C13H14N6O. The Morgan fingerprint density at radius 1 is 1.20 bits per heavy atom. The van der Waals surface area contributed by atoms with Crippen LogP contribution in [0.2, 0.25) is 0 Å². The van der Waals surface area contributed by atoms with Crippen LogP contribution in [0.5, 0.6) is 0 Å². The Balaban J connectivity index is 1.93. The molecule has 0 unspecified atom stereocenters. The molecule has 3 heterocycles. The van der Waals surface area contributed by atoms with Crippen LogP contribution in [0.4, 0.5) is 5.95 Å². The third-order valence-corrected chi connectivity index (χ3v) is 3.27. The van der Waals surface area contributed by atoms with Gasteiger partial charge in [-0.05, 0) is 26.0 Å². The second kappa shape index (κ2) is 4.44. The summed E-state index contributed by atoms with van der Waals surface area (Å²) in [5.41, 5.74) is 2.36. The lowest BCUT2D eigenvalue weighted by Gasteiger charge is -2.04. The van der Waals surface area contributed by atoms with Gasteiger partial charge >= 0.3 is 0 Å². The molecule has 0 saturated heterocycles. The molecule has 0 aromatic carbocycles. The van der Waals surface area contributed by atoms with Crippen LogP contribution in [0, 0.1) is 13.8 Å². The number of hydrogen-bond donors (Lipinski definition) is 1. The van der Waals surface area contributed by atoms with Crippen molar-refractivity contribution in [2.75, 3.05) is 5.32 Å². The number of aromatic nitrogens is 5. The summed E-state index contributed by atoms with van der Waals surface area (Å²) in [6.45, 7) is 3.77. The van der Waals surface area contributed by atoms with Gasteiger partial charge in [0.25, 0.3) is 11.7 Å². The predicted molar refractivity (Wildman–Crippen MR) is 73.6 cm³/mol. The number of fused-ring (bicyclic) bond motifs is 1. The molecule has 1 amide bonds. The fourth-order valence-corrected chi connectivity index (χ4v) is 1.98. The molecule has 0 aliphatic carbocycles. The normalized spacial score (nSPS) is 10.9. The quantitative estimate of drug-likeness (QED) is 0.762. The minimum Gasteiger partial charge on any atom is -0.354 e. The smallest absolute Gasteiger partial charge is 0.259 e. The van der Waals surface area contributed by atoms with Crippen molar-refractivity contribution in [3.8, 4) is 0 Å². The van der Waals surface area contributed by atoms with Crippen molar-refractivity contribution in [3.63, 3.8) is 0 Å². The van der Waals surface area contributed by atoms with Gasteiger partial charge in [-0.1, -0.05) is 0 Å². The number of nitrogens with one attached hydrogen (secondary N) is 1. The maximum atomic E-state index is 12.2. The van der Waals surface area contributed by atoms with Gasteiger partial charge in [-0.15, -0.1) is 10.2 Å². The number of nitrogens with zero attached hydrogens (tertiary/aromatic N) is 5. The van der Waals surface area contributed by atoms with Gasteiger partial charge in [0.05, 0.1) is 5.56 Å². The first-order valence-electron chi connectivity index (χ1n) is 6.18. The van der Waals surface area contributed by atoms with E-state index in [4.69, 9.17) is 0 Å². The standard InChI is InChI=1S/C13H14N6O/c1-8-4-7-19-12(14-8)16-17-13(19)15-11(20)10-5-6-18(3)9(10)2/h4-7H,1-3H3,(H,15,17,20). The summed E-state index contributed by atoms with van der Waals surface area (Å²) in [6, 6.07) is 3.61. The molecule has 20 heavy (non-hydrogen) atoms. The number of amides is 1. The van der Waals surface area contributed by atoms with E-state index >= 15 is 0 Å². The van der Waals surface area contributed by atoms with Gasteiger partial charge in [0.1, 0.15) is 0 Å². The fraction of sp³-hybridized carbons (Fsp3) is 0.231. The molecule has 0 fully saturated rings. The summed E-state index contributed by atoms with van der Waals surface area (Å²) in [7, 11) is 1.89.